The summed E-state index contributed by atoms with van der Waals surface area (Å²) in [4.78, 5) is 12.4. The van der Waals surface area contributed by atoms with Gasteiger partial charge >= 0.3 is 0 Å². The van der Waals surface area contributed by atoms with Crippen molar-refractivity contribution in [3.63, 3.8) is 0 Å². The van der Waals surface area contributed by atoms with Crippen LogP contribution in [0.2, 0.25) is 0 Å². The first kappa shape index (κ1) is 15.0. The van der Waals surface area contributed by atoms with E-state index in [1.54, 1.807) is 12.1 Å². The van der Waals surface area contributed by atoms with Crippen molar-refractivity contribution in [2.45, 2.75) is 38.1 Å². The van der Waals surface area contributed by atoms with Gasteiger partial charge in [-0.05, 0) is 55.7 Å². The highest BCUT2D eigenvalue weighted by atomic mass is 79.9. The van der Waals surface area contributed by atoms with Crippen LogP contribution in [0.15, 0.2) is 22.7 Å². The Morgan fingerprint density at radius 1 is 1.29 bits per heavy atom. The zero-order valence-corrected chi connectivity index (χ0v) is 13.4. The SMILES string of the molecule is NC1C2CCCC1CC(C(=O)Nc1ccc(Br)cc1F)C2. The molecule has 2 atom stereocenters. The van der Waals surface area contributed by atoms with Crippen LogP contribution in [0.1, 0.15) is 32.1 Å². The minimum Gasteiger partial charge on any atom is -0.327 e. The molecule has 2 aliphatic rings. The molecule has 3 N–H and O–H groups in total. The monoisotopic (exact) mass is 354 g/mol. The Morgan fingerprint density at radius 2 is 1.95 bits per heavy atom. The summed E-state index contributed by atoms with van der Waals surface area (Å²) < 4.78 is 14.5. The molecule has 2 bridgehead atoms. The van der Waals surface area contributed by atoms with Crippen LogP contribution in [0, 0.1) is 23.6 Å². The van der Waals surface area contributed by atoms with Gasteiger partial charge in [0.25, 0.3) is 0 Å². The summed E-state index contributed by atoms with van der Waals surface area (Å²) in [6, 6.07) is 4.92. The maximum absolute atomic E-state index is 13.8. The highest BCUT2D eigenvalue weighted by molar-refractivity contribution is 9.10. The van der Waals surface area contributed by atoms with Crippen LogP contribution in [-0.4, -0.2) is 11.9 Å². The normalized spacial score (nSPS) is 31.8. The lowest BCUT2D eigenvalue weighted by molar-refractivity contribution is -0.122. The smallest absolute Gasteiger partial charge is 0.227 e. The van der Waals surface area contributed by atoms with Crippen LogP contribution in [0.5, 0.6) is 0 Å². The first-order chi connectivity index (χ1) is 10.0. The summed E-state index contributed by atoms with van der Waals surface area (Å²) in [5.74, 6) is 0.375. The van der Waals surface area contributed by atoms with Gasteiger partial charge in [0, 0.05) is 16.4 Å². The van der Waals surface area contributed by atoms with Gasteiger partial charge in [-0.3, -0.25) is 4.79 Å². The molecule has 0 saturated heterocycles. The number of halogens is 2. The third kappa shape index (κ3) is 3.14. The van der Waals surface area contributed by atoms with E-state index in [1.807, 2.05) is 0 Å². The zero-order chi connectivity index (χ0) is 15.0. The molecule has 0 spiro atoms. The highest BCUT2D eigenvalue weighted by Gasteiger charge is 2.40. The number of anilines is 1. The van der Waals surface area contributed by atoms with Crippen LogP contribution in [0.4, 0.5) is 10.1 Å². The molecule has 0 aromatic heterocycles. The predicted octanol–water partition coefficient (Wildman–Crippen LogP) is 3.68. The maximum atomic E-state index is 13.8. The van der Waals surface area contributed by atoms with E-state index in [0.29, 0.717) is 16.3 Å². The summed E-state index contributed by atoms with van der Waals surface area (Å²) >= 11 is 3.21. The van der Waals surface area contributed by atoms with Crippen molar-refractivity contribution in [3.05, 3.63) is 28.5 Å². The van der Waals surface area contributed by atoms with E-state index in [4.69, 9.17) is 5.73 Å². The van der Waals surface area contributed by atoms with E-state index in [0.717, 1.165) is 25.7 Å². The van der Waals surface area contributed by atoms with E-state index in [2.05, 4.69) is 21.2 Å². The van der Waals surface area contributed by atoms with E-state index < -0.39 is 5.82 Å². The number of benzene rings is 1. The summed E-state index contributed by atoms with van der Waals surface area (Å²) in [6.45, 7) is 0. The van der Waals surface area contributed by atoms with Gasteiger partial charge in [0.2, 0.25) is 5.91 Å². The number of rotatable bonds is 2. The van der Waals surface area contributed by atoms with E-state index in [1.165, 1.54) is 12.5 Å². The number of amides is 1. The molecule has 2 unspecified atom stereocenters. The van der Waals surface area contributed by atoms with Crippen LogP contribution < -0.4 is 11.1 Å². The number of nitrogens with two attached hydrogens (primary N) is 1. The lowest BCUT2D eigenvalue weighted by atomic mass is 9.65. The molecule has 0 radical (unpaired) electrons. The number of hydrogen-bond donors (Lipinski definition) is 2. The average Bonchev–Trinajstić information content (AvgIpc) is 2.41. The van der Waals surface area contributed by atoms with Gasteiger partial charge in [0.05, 0.1) is 5.69 Å². The molecule has 5 heteroatoms. The largest absolute Gasteiger partial charge is 0.327 e. The van der Waals surface area contributed by atoms with E-state index >= 15 is 0 Å². The Balaban J connectivity index is 1.68. The first-order valence-corrected chi connectivity index (χ1v) is 8.35. The summed E-state index contributed by atoms with van der Waals surface area (Å²) in [7, 11) is 0. The number of fused-ring (bicyclic) bond motifs is 2. The molecule has 2 aliphatic carbocycles. The van der Waals surface area contributed by atoms with Crippen LogP contribution in [0.25, 0.3) is 0 Å². The van der Waals surface area contributed by atoms with Crippen molar-refractivity contribution in [3.8, 4) is 0 Å². The zero-order valence-electron chi connectivity index (χ0n) is 11.8. The molecule has 2 saturated carbocycles. The lowest BCUT2D eigenvalue weighted by Gasteiger charge is -2.43. The predicted molar refractivity (Wildman–Crippen MR) is 84.3 cm³/mol. The summed E-state index contributed by atoms with van der Waals surface area (Å²) in [5, 5.41) is 2.74. The van der Waals surface area contributed by atoms with Gasteiger partial charge in [-0.1, -0.05) is 22.4 Å². The minimum atomic E-state index is -0.412. The average molecular weight is 355 g/mol. The van der Waals surface area contributed by atoms with Crippen molar-refractivity contribution in [1.29, 1.82) is 0 Å². The molecule has 3 nitrogen and oxygen atoms in total. The fraction of sp³-hybridized carbons (Fsp3) is 0.562. The fourth-order valence-electron chi connectivity index (χ4n) is 3.83. The minimum absolute atomic E-state index is 0.0388. The summed E-state index contributed by atoms with van der Waals surface area (Å²) in [6.07, 6.45) is 5.13. The molecule has 21 heavy (non-hydrogen) atoms. The second-order valence-electron chi connectivity index (χ2n) is 6.31. The lowest BCUT2D eigenvalue weighted by Crippen LogP contribution is -2.48. The number of hydrogen-bond acceptors (Lipinski definition) is 2. The Hall–Kier alpha value is -0.940. The standard InChI is InChI=1S/C16H20BrFN2O/c17-12-4-5-14(13(18)8-12)20-16(21)11-6-9-2-1-3-10(7-11)15(9)19/h4-5,8-11,15H,1-3,6-7,19H2,(H,20,21). The Labute approximate surface area is 132 Å². The molecule has 114 valence electrons. The van der Waals surface area contributed by atoms with Gasteiger partial charge in [-0.25, -0.2) is 4.39 Å². The maximum Gasteiger partial charge on any atom is 0.227 e. The second-order valence-corrected chi connectivity index (χ2v) is 7.23. The summed E-state index contributed by atoms with van der Waals surface area (Å²) in [5.41, 5.74) is 6.50. The number of nitrogens with one attached hydrogen (secondary N) is 1. The molecule has 3 rings (SSSR count). The molecular formula is C16H20BrFN2O. The van der Waals surface area contributed by atoms with Gasteiger partial charge < -0.3 is 11.1 Å². The number of carbonyl (C=O) groups is 1. The van der Waals surface area contributed by atoms with Crippen molar-refractivity contribution in [1.82, 2.24) is 0 Å². The molecule has 1 aromatic rings. The molecule has 2 fully saturated rings. The molecule has 1 amide bonds. The third-order valence-electron chi connectivity index (χ3n) is 4.97. The topological polar surface area (TPSA) is 55.1 Å². The number of carbonyl (C=O) groups excluding carboxylic acids is 1. The van der Waals surface area contributed by atoms with Crippen LogP contribution >= 0.6 is 15.9 Å². The Kier molecular flexibility index (Phi) is 4.31. The van der Waals surface area contributed by atoms with Crippen molar-refractivity contribution in [2.75, 3.05) is 5.32 Å². The molecule has 1 aromatic carbocycles. The van der Waals surface area contributed by atoms with Crippen molar-refractivity contribution in [2.24, 2.45) is 23.5 Å². The van der Waals surface area contributed by atoms with Gasteiger partial charge in [0.15, 0.2) is 0 Å². The van der Waals surface area contributed by atoms with E-state index in [9.17, 15) is 9.18 Å². The van der Waals surface area contributed by atoms with Gasteiger partial charge in [0.1, 0.15) is 5.82 Å². The van der Waals surface area contributed by atoms with Gasteiger partial charge in [-0.2, -0.15) is 0 Å². The van der Waals surface area contributed by atoms with Crippen molar-refractivity contribution >= 4 is 27.5 Å². The van der Waals surface area contributed by atoms with Gasteiger partial charge in [-0.15, -0.1) is 0 Å². The van der Waals surface area contributed by atoms with E-state index in [-0.39, 0.29) is 23.6 Å². The fourth-order valence-corrected chi connectivity index (χ4v) is 4.16. The Bertz CT molecular complexity index is 537. The van der Waals surface area contributed by atoms with Crippen molar-refractivity contribution < 1.29 is 9.18 Å². The molecular weight excluding hydrogens is 335 g/mol. The molecule has 0 aliphatic heterocycles. The quantitative estimate of drug-likeness (QED) is 0.850. The molecule has 0 heterocycles. The highest BCUT2D eigenvalue weighted by Crippen LogP contribution is 2.42. The van der Waals surface area contributed by atoms with Crippen LogP contribution in [0.3, 0.4) is 0 Å². The second kappa shape index (κ2) is 6.05. The third-order valence-corrected chi connectivity index (χ3v) is 5.47. The Morgan fingerprint density at radius 3 is 2.57 bits per heavy atom. The van der Waals surface area contributed by atoms with Crippen LogP contribution in [-0.2, 0) is 4.79 Å². The first-order valence-electron chi connectivity index (χ1n) is 7.56.